The summed E-state index contributed by atoms with van der Waals surface area (Å²) in [5.41, 5.74) is 1.02. The first kappa shape index (κ1) is 14.1. The van der Waals surface area contributed by atoms with Crippen LogP contribution in [-0.2, 0) is 6.54 Å². The molecular weight excluding hydrogens is 263 g/mol. The Morgan fingerprint density at radius 1 is 1.44 bits per heavy atom. The lowest BCUT2D eigenvalue weighted by Crippen LogP contribution is -2.30. The maximum absolute atomic E-state index is 6.03. The minimum atomic E-state index is 0.438. The Labute approximate surface area is 111 Å². The minimum Gasteiger partial charge on any atom is -0.299 e. The lowest BCUT2D eigenvalue weighted by atomic mass is 10.2. The molecule has 0 aromatic carbocycles. The van der Waals surface area contributed by atoms with Gasteiger partial charge in [0.15, 0.2) is 0 Å². The largest absolute Gasteiger partial charge is 0.299 e. The van der Waals surface area contributed by atoms with Crippen LogP contribution in [0.5, 0.6) is 0 Å². The van der Waals surface area contributed by atoms with E-state index >= 15 is 0 Å². The fourth-order valence-electron chi connectivity index (χ4n) is 1.35. The Bertz CT molecular complexity index is 347. The molecule has 1 aromatic heterocycles. The number of aromatic nitrogens is 1. The van der Waals surface area contributed by atoms with Gasteiger partial charge in [-0.3, -0.25) is 4.90 Å². The first-order valence-electron chi connectivity index (χ1n) is 5.04. The molecule has 0 bridgehead atoms. The maximum atomic E-state index is 6.03. The average Bonchev–Trinajstić information content (AvgIpc) is 2.22. The van der Waals surface area contributed by atoms with Gasteiger partial charge < -0.3 is 0 Å². The van der Waals surface area contributed by atoms with E-state index in [1.54, 1.807) is 6.07 Å². The Hall–Kier alpha value is 0.0400. The van der Waals surface area contributed by atoms with E-state index in [0.717, 1.165) is 17.9 Å². The zero-order chi connectivity index (χ0) is 12.1. The van der Waals surface area contributed by atoms with Crippen molar-refractivity contribution in [3.8, 4) is 0 Å². The van der Waals surface area contributed by atoms with E-state index in [9.17, 15) is 0 Å². The molecule has 90 valence electrons. The van der Waals surface area contributed by atoms with Gasteiger partial charge in [-0.15, -0.1) is 0 Å². The van der Waals surface area contributed by atoms with Gasteiger partial charge in [0.25, 0.3) is 0 Å². The third kappa shape index (κ3) is 4.13. The molecule has 0 N–H and O–H groups in total. The average molecular weight is 279 g/mol. The molecule has 0 aliphatic rings. The molecule has 0 amide bonds. The van der Waals surface area contributed by atoms with Crippen molar-refractivity contribution >= 4 is 35.0 Å². The SMILES string of the molecule is CSCC(C)N(C)Cc1ccc(Cl)nc1Cl. The zero-order valence-electron chi connectivity index (χ0n) is 9.70. The molecule has 2 nitrogen and oxygen atoms in total. The molecule has 1 atom stereocenters. The van der Waals surface area contributed by atoms with Gasteiger partial charge in [-0.25, -0.2) is 4.98 Å². The third-order valence-corrected chi connectivity index (χ3v) is 3.83. The minimum absolute atomic E-state index is 0.438. The second kappa shape index (κ2) is 6.70. The van der Waals surface area contributed by atoms with E-state index in [4.69, 9.17) is 23.2 Å². The molecule has 1 unspecified atom stereocenters. The number of hydrogen-bond donors (Lipinski definition) is 0. The molecule has 1 rings (SSSR count). The van der Waals surface area contributed by atoms with Crippen molar-refractivity contribution in [1.29, 1.82) is 0 Å². The summed E-state index contributed by atoms with van der Waals surface area (Å²) < 4.78 is 0. The van der Waals surface area contributed by atoms with Gasteiger partial charge in [-0.1, -0.05) is 29.3 Å². The van der Waals surface area contributed by atoms with Crippen molar-refractivity contribution < 1.29 is 0 Å². The Morgan fingerprint density at radius 2 is 2.12 bits per heavy atom. The third-order valence-electron chi connectivity index (χ3n) is 2.47. The maximum Gasteiger partial charge on any atom is 0.135 e. The molecule has 0 fully saturated rings. The fraction of sp³-hybridized carbons (Fsp3) is 0.545. The lowest BCUT2D eigenvalue weighted by molar-refractivity contribution is 0.269. The molecule has 5 heteroatoms. The number of nitrogens with zero attached hydrogens (tertiary/aromatic N) is 2. The predicted molar refractivity (Wildman–Crippen MR) is 73.6 cm³/mol. The van der Waals surface area contributed by atoms with E-state index in [0.29, 0.717) is 16.3 Å². The summed E-state index contributed by atoms with van der Waals surface area (Å²) in [6.45, 7) is 3.00. The fourth-order valence-corrected chi connectivity index (χ4v) is 2.49. The van der Waals surface area contributed by atoms with Gasteiger partial charge in [-0.2, -0.15) is 11.8 Å². The topological polar surface area (TPSA) is 16.1 Å². The van der Waals surface area contributed by atoms with Gasteiger partial charge in [0.1, 0.15) is 10.3 Å². The summed E-state index contributed by atoms with van der Waals surface area (Å²) in [7, 11) is 2.09. The van der Waals surface area contributed by atoms with Gasteiger partial charge in [0.05, 0.1) is 0 Å². The van der Waals surface area contributed by atoms with Gasteiger partial charge >= 0.3 is 0 Å². The first-order chi connectivity index (χ1) is 7.54. The van der Waals surface area contributed by atoms with E-state index in [1.807, 2.05) is 17.8 Å². The summed E-state index contributed by atoms with van der Waals surface area (Å²) in [4.78, 5) is 6.29. The zero-order valence-corrected chi connectivity index (χ0v) is 12.0. The van der Waals surface area contributed by atoms with Crippen LogP contribution in [0.3, 0.4) is 0 Å². The molecule has 1 aromatic rings. The molecule has 0 aliphatic carbocycles. The van der Waals surface area contributed by atoms with Crippen LogP contribution in [0, 0.1) is 0 Å². The number of pyridine rings is 1. The van der Waals surface area contributed by atoms with Crippen LogP contribution in [-0.4, -0.2) is 35.0 Å². The summed E-state index contributed by atoms with van der Waals surface area (Å²) in [5.74, 6) is 1.11. The summed E-state index contributed by atoms with van der Waals surface area (Å²) in [5, 5.41) is 0.935. The number of thioether (sulfide) groups is 1. The lowest BCUT2D eigenvalue weighted by Gasteiger charge is -2.24. The van der Waals surface area contributed by atoms with Gasteiger partial charge in [-0.05, 0) is 26.3 Å². The standard InChI is InChI=1S/C11H16Cl2N2S/c1-8(7-16-3)15(2)6-9-4-5-10(12)14-11(9)13/h4-5,8H,6-7H2,1-3H3. The normalized spacial score (nSPS) is 13.1. The summed E-state index contributed by atoms with van der Waals surface area (Å²) in [6.07, 6.45) is 2.11. The molecule has 0 radical (unpaired) electrons. The second-order valence-corrected chi connectivity index (χ2v) is 5.46. The van der Waals surface area contributed by atoms with Crippen molar-refractivity contribution in [1.82, 2.24) is 9.88 Å². The van der Waals surface area contributed by atoms with Gasteiger partial charge in [0.2, 0.25) is 0 Å². The van der Waals surface area contributed by atoms with Crippen LogP contribution in [0.15, 0.2) is 12.1 Å². The van der Waals surface area contributed by atoms with Crippen molar-refractivity contribution in [3.05, 3.63) is 28.0 Å². The van der Waals surface area contributed by atoms with Crippen molar-refractivity contribution in [2.75, 3.05) is 19.1 Å². The Morgan fingerprint density at radius 3 is 2.69 bits per heavy atom. The van der Waals surface area contributed by atoms with E-state index in [2.05, 4.69) is 30.1 Å². The summed E-state index contributed by atoms with van der Waals surface area (Å²) in [6, 6.07) is 4.22. The highest BCUT2D eigenvalue weighted by Gasteiger charge is 2.11. The second-order valence-electron chi connectivity index (χ2n) is 3.80. The Kier molecular flexibility index (Phi) is 5.90. The quantitative estimate of drug-likeness (QED) is 0.766. The van der Waals surface area contributed by atoms with E-state index in [-0.39, 0.29) is 0 Å². The van der Waals surface area contributed by atoms with Crippen LogP contribution in [0.25, 0.3) is 0 Å². The van der Waals surface area contributed by atoms with Crippen LogP contribution in [0.1, 0.15) is 12.5 Å². The van der Waals surface area contributed by atoms with Crippen molar-refractivity contribution in [2.24, 2.45) is 0 Å². The number of halogens is 2. The molecule has 0 spiro atoms. The molecular formula is C11H16Cl2N2S. The molecule has 16 heavy (non-hydrogen) atoms. The highest BCUT2D eigenvalue weighted by atomic mass is 35.5. The molecule has 0 aliphatic heterocycles. The van der Waals surface area contributed by atoms with Crippen molar-refractivity contribution in [3.63, 3.8) is 0 Å². The van der Waals surface area contributed by atoms with E-state index in [1.165, 1.54) is 0 Å². The monoisotopic (exact) mass is 278 g/mol. The van der Waals surface area contributed by atoms with Crippen LogP contribution in [0.4, 0.5) is 0 Å². The van der Waals surface area contributed by atoms with E-state index < -0.39 is 0 Å². The highest BCUT2D eigenvalue weighted by molar-refractivity contribution is 7.98. The smallest absolute Gasteiger partial charge is 0.135 e. The Balaban J connectivity index is 2.65. The molecule has 0 saturated heterocycles. The summed E-state index contributed by atoms with van der Waals surface area (Å²) >= 11 is 13.6. The van der Waals surface area contributed by atoms with Crippen molar-refractivity contribution in [2.45, 2.75) is 19.5 Å². The van der Waals surface area contributed by atoms with Crippen LogP contribution < -0.4 is 0 Å². The molecule has 0 saturated carbocycles. The van der Waals surface area contributed by atoms with Crippen LogP contribution >= 0.6 is 35.0 Å². The predicted octanol–water partition coefficient (Wildman–Crippen LogP) is 3.57. The van der Waals surface area contributed by atoms with Gasteiger partial charge in [0, 0.05) is 23.9 Å². The molecule has 1 heterocycles. The van der Waals surface area contributed by atoms with Crippen LogP contribution in [0.2, 0.25) is 10.3 Å². The number of rotatable bonds is 5. The first-order valence-corrected chi connectivity index (χ1v) is 7.19. The number of hydrogen-bond acceptors (Lipinski definition) is 3. The highest BCUT2D eigenvalue weighted by Crippen LogP contribution is 2.19.